The van der Waals surface area contributed by atoms with Crippen molar-refractivity contribution in [2.45, 2.75) is 19.6 Å². The SMILES string of the molecule is Cc1cc(C(O)C#Cc2cc3c(cc2F)OCCn2cc(C(N)=O)nc2-3)no1. The topological polar surface area (TPSA) is 116 Å². The van der Waals surface area contributed by atoms with Gasteiger partial charge in [-0.25, -0.2) is 9.37 Å². The molecule has 0 saturated heterocycles. The van der Waals surface area contributed by atoms with E-state index in [0.717, 1.165) is 0 Å². The van der Waals surface area contributed by atoms with Crippen LogP contribution >= 0.6 is 0 Å². The molecule has 0 fully saturated rings. The van der Waals surface area contributed by atoms with Gasteiger partial charge in [0.1, 0.15) is 41.1 Å². The van der Waals surface area contributed by atoms with Crippen LogP contribution in [0.25, 0.3) is 11.4 Å². The zero-order valence-corrected chi connectivity index (χ0v) is 14.8. The summed E-state index contributed by atoms with van der Waals surface area (Å²) in [5.41, 5.74) is 6.17. The first-order chi connectivity index (χ1) is 13.4. The lowest BCUT2D eigenvalue weighted by atomic mass is 10.1. The highest BCUT2D eigenvalue weighted by atomic mass is 19.1. The molecule has 3 aromatic rings. The minimum Gasteiger partial charge on any atom is -0.491 e. The summed E-state index contributed by atoms with van der Waals surface area (Å²) in [7, 11) is 0. The molecule has 2 aromatic heterocycles. The second-order valence-electron chi connectivity index (χ2n) is 6.22. The fourth-order valence-corrected chi connectivity index (χ4v) is 2.85. The molecule has 28 heavy (non-hydrogen) atoms. The lowest BCUT2D eigenvalue weighted by Gasteiger charge is -2.07. The predicted molar refractivity (Wildman–Crippen MR) is 94.7 cm³/mol. The van der Waals surface area contributed by atoms with Crippen molar-refractivity contribution in [1.82, 2.24) is 14.7 Å². The largest absolute Gasteiger partial charge is 0.491 e. The smallest absolute Gasteiger partial charge is 0.268 e. The summed E-state index contributed by atoms with van der Waals surface area (Å²) >= 11 is 0. The Kier molecular flexibility index (Phi) is 4.33. The number of benzene rings is 1. The van der Waals surface area contributed by atoms with Crippen molar-refractivity contribution < 1.29 is 23.6 Å². The Morgan fingerprint density at radius 3 is 2.96 bits per heavy atom. The van der Waals surface area contributed by atoms with Gasteiger partial charge < -0.3 is 24.7 Å². The van der Waals surface area contributed by atoms with Gasteiger partial charge in [0, 0.05) is 18.3 Å². The molecule has 1 unspecified atom stereocenters. The van der Waals surface area contributed by atoms with Crippen molar-refractivity contribution in [2.24, 2.45) is 5.73 Å². The number of hydrogen-bond donors (Lipinski definition) is 2. The van der Waals surface area contributed by atoms with Crippen molar-refractivity contribution >= 4 is 5.91 Å². The molecule has 0 bridgehead atoms. The van der Waals surface area contributed by atoms with Crippen LogP contribution in [-0.4, -0.2) is 32.3 Å². The van der Waals surface area contributed by atoms with Gasteiger partial charge in [0.15, 0.2) is 6.10 Å². The minimum atomic E-state index is -1.23. The number of nitrogens with two attached hydrogens (primary N) is 1. The molecule has 8 nitrogen and oxygen atoms in total. The van der Waals surface area contributed by atoms with Crippen LogP contribution in [0.1, 0.15) is 33.6 Å². The number of aryl methyl sites for hydroxylation is 1. The van der Waals surface area contributed by atoms with E-state index in [0.29, 0.717) is 23.7 Å². The number of aromatic nitrogens is 3. The maximum atomic E-state index is 14.5. The lowest BCUT2D eigenvalue weighted by Crippen LogP contribution is -2.11. The molecule has 0 saturated carbocycles. The fourth-order valence-electron chi connectivity index (χ4n) is 2.85. The number of aliphatic hydroxyl groups excluding tert-OH is 1. The second kappa shape index (κ2) is 6.83. The molecule has 3 heterocycles. The van der Waals surface area contributed by atoms with Crippen LogP contribution in [0.5, 0.6) is 5.75 Å². The Balaban J connectivity index is 1.75. The molecule has 0 radical (unpaired) electrons. The molecule has 0 spiro atoms. The van der Waals surface area contributed by atoms with Crippen molar-refractivity contribution in [3.63, 3.8) is 0 Å². The van der Waals surface area contributed by atoms with Crippen LogP contribution in [0, 0.1) is 24.6 Å². The van der Waals surface area contributed by atoms with Crippen LogP contribution in [0.4, 0.5) is 4.39 Å². The Labute approximate surface area is 158 Å². The van der Waals surface area contributed by atoms with E-state index in [2.05, 4.69) is 22.0 Å². The number of carbonyl (C=O) groups is 1. The number of amides is 1. The zero-order chi connectivity index (χ0) is 19.8. The predicted octanol–water partition coefficient (Wildman–Crippen LogP) is 1.56. The van der Waals surface area contributed by atoms with Gasteiger partial charge in [-0.15, -0.1) is 0 Å². The molecule has 3 N–H and O–H groups in total. The van der Waals surface area contributed by atoms with Crippen LogP contribution in [0.15, 0.2) is 28.9 Å². The molecule has 9 heteroatoms. The number of aliphatic hydroxyl groups is 1. The maximum absolute atomic E-state index is 14.5. The number of imidazole rings is 1. The van der Waals surface area contributed by atoms with E-state index in [1.54, 1.807) is 17.6 Å². The van der Waals surface area contributed by atoms with Gasteiger partial charge in [0.05, 0.1) is 17.7 Å². The van der Waals surface area contributed by atoms with Gasteiger partial charge in [-0.2, -0.15) is 0 Å². The van der Waals surface area contributed by atoms with Gasteiger partial charge >= 0.3 is 0 Å². The molecule has 1 amide bonds. The van der Waals surface area contributed by atoms with E-state index in [4.69, 9.17) is 15.0 Å². The summed E-state index contributed by atoms with van der Waals surface area (Å²) in [4.78, 5) is 15.7. The number of primary amides is 1. The van der Waals surface area contributed by atoms with Gasteiger partial charge in [-0.1, -0.05) is 17.0 Å². The van der Waals surface area contributed by atoms with Crippen molar-refractivity contribution in [2.75, 3.05) is 6.61 Å². The maximum Gasteiger partial charge on any atom is 0.268 e. The van der Waals surface area contributed by atoms with Gasteiger partial charge in [-0.05, 0) is 13.0 Å². The Bertz CT molecular complexity index is 1140. The standard InChI is InChI=1S/C19H15FN4O4/c1-10-6-14(23-28-10)16(25)3-2-11-7-12-17(8-13(11)20)27-5-4-24-9-15(18(21)26)22-19(12)24/h6-9,16,25H,4-5H2,1H3,(H2,21,26). The number of rotatable bonds is 2. The van der Waals surface area contributed by atoms with E-state index in [9.17, 15) is 14.3 Å². The van der Waals surface area contributed by atoms with E-state index in [-0.39, 0.29) is 29.3 Å². The minimum absolute atomic E-state index is 0.0405. The van der Waals surface area contributed by atoms with Crippen LogP contribution in [-0.2, 0) is 6.54 Å². The Hall–Kier alpha value is -3.64. The third-order valence-corrected chi connectivity index (χ3v) is 4.20. The third-order valence-electron chi connectivity index (χ3n) is 4.20. The number of halogens is 1. The molecule has 4 rings (SSSR count). The van der Waals surface area contributed by atoms with Gasteiger partial charge in [0.25, 0.3) is 5.91 Å². The summed E-state index contributed by atoms with van der Waals surface area (Å²) in [6.07, 6.45) is 0.303. The third kappa shape index (κ3) is 3.21. The number of nitrogens with zero attached hydrogens (tertiary/aromatic N) is 3. The normalized spacial score (nSPS) is 13.4. The highest BCUT2D eigenvalue weighted by molar-refractivity contribution is 5.91. The monoisotopic (exact) mass is 382 g/mol. The molecule has 1 aromatic carbocycles. The van der Waals surface area contributed by atoms with Crippen molar-refractivity contribution in [3.05, 3.63) is 52.9 Å². The van der Waals surface area contributed by atoms with E-state index in [1.165, 1.54) is 18.3 Å². The molecule has 1 aliphatic rings. The van der Waals surface area contributed by atoms with E-state index < -0.39 is 17.8 Å². The first-order valence-corrected chi connectivity index (χ1v) is 8.39. The van der Waals surface area contributed by atoms with E-state index in [1.807, 2.05) is 0 Å². The first kappa shape index (κ1) is 17.8. The molecule has 1 atom stereocenters. The average Bonchev–Trinajstić information content (AvgIpc) is 3.24. The average molecular weight is 382 g/mol. The van der Waals surface area contributed by atoms with Crippen LogP contribution in [0.2, 0.25) is 0 Å². The van der Waals surface area contributed by atoms with Gasteiger partial charge in [-0.3, -0.25) is 4.79 Å². The number of carbonyl (C=O) groups excluding carboxylic acids is 1. The van der Waals surface area contributed by atoms with Crippen molar-refractivity contribution in [3.8, 4) is 29.0 Å². The van der Waals surface area contributed by atoms with Crippen LogP contribution in [0.3, 0.4) is 0 Å². The number of fused-ring (bicyclic) bond motifs is 3. The summed E-state index contributed by atoms with van der Waals surface area (Å²) in [6, 6.07) is 4.22. The first-order valence-electron chi connectivity index (χ1n) is 8.39. The summed E-state index contributed by atoms with van der Waals surface area (Å²) < 4.78 is 26.7. The quantitative estimate of drug-likeness (QED) is 0.650. The number of ether oxygens (including phenoxy) is 1. The Morgan fingerprint density at radius 1 is 1.43 bits per heavy atom. The summed E-state index contributed by atoms with van der Waals surface area (Å²) in [6.45, 7) is 2.39. The number of hydrogen-bond acceptors (Lipinski definition) is 6. The molecule has 0 aliphatic carbocycles. The zero-order valence-electron chi connectivity index (χ0n) is 14.8. The molecular weight excluding hydrogens is 367 g/mol. The molecule has 142 valence electrons. The summed E-state index contributed by atoms with van der Waals surface area (Å²) in [5, 5.41) is 13.8. The highest BCUT2D eigenvalue weighted by Gasteiger charge is 2.22. The molecule has 1 aliphatic heterocycles. The fraction of sp³-hybridized carbons (Fsp3) is 0.211. The lowest BCUT2D eigenvalue weighted by molar-refractivity contribution is 0.0996. The van der Waals surface area contributed by atoms with Crippen LogP contribution < -0.4 is 10.5 Å². The van der Waals surface area contributed by atoms with Gasteiger partial charge in [0.2, 0.25) is 0 Å². The highest BCUT2D eigenvalue weighted by Crippen LogP contribution is 2.34. The van der Waals surface area contributed by atoms with E-state index >= 15 is 0 Å². The van der Waals surface area contributed by atoms with Crippen molar-refractivity contribution in [1.29, 1.82) is 0 Å². The second-order valence-corrected chi connectivity index (χ2v) is 6.22. The Morgan fingerprint density at radius 2 is 2.25 bits per heavy atom. The summed E-state index contributed by atoms with van der Waals surface area (Å²) in [5.74, 6) is 5.13. The molecular formula is C19H15FN4O4.